The van der Waals surface area contributed by atoms with Gasteiger partial charge in [-0.15, -0.1) is 0 Å². The molecule has 84 valence electrons. The van der Waals surface area contributed by atoms with Gasteiger partial charge in [-0.25, -0.2) is 4.99 Å². The molecule has 0 aromatic carbocycles. The molecule has 0 aromatic rings. The van der Waals surface area contributed by atoms with Gasteiger partial charge >= 0.3 is 5.97 Å². The minimum Gasteiger partial charge on any atom is -0.469 e. The third-order valence-electron chi connectivity index (χ3n) is 1.22. The van der Waals surface area contributed by atoms with E-state index >= 15 is 0 Å². The number of carbonyl (C=O) groups is 2. The zero-order valence-electron chi connectivity index (χ0n) is 8.57. The summed E-state index contributed by atoms with van der Waals surface area (Å²) >= 11 is 0.924. The molecule has 0 aliphatic heterocycles. The summed E-state index contributed by atoms with van der Waals surface area (Å²) in [4.78, 5) is 25.4. The summed E-state index contributed by atoms with van der Waals surface area (Å²) in [7, 11) is 1.22. The Balaban J connectivity index is 3.86. The molecule has 0 amide bonds. The van der Waals surface area contributed by atoms with Gasteiger partial charge in [-0.2, -0.15) is 0 Å². The highest BCUT2D eigenvalue weighted by Gasteiger charge is 2.10. The SMILES string of the molecule is COC(=O)CC(=O)CSC(=N)N=C(C)N. The summed E-state index contributed by atoms with van der Waals surface area (Å²) in [6, 6.07) is 0. The number of Topliss-reactive ketones (excluding diaryl/α,β-unsaturated/α-hetero) is 1. The quantitative estimate of drug-likeness (QED) is 0.310. The lowest BCUT2D eigenvalue weighted by Gasteiger charge is -1.99. The fourth-order valence-corrected chi connectivity index (χ4v) is 1.23. The van der Waals surface area contributed by atoms with E-state index in [2.05, 4.69) is 9.73 Å². The lowest BCUT2D eigenvalue weighted by molar-refractivity contribution is -0.142. The van der Waals surface area contributed by atoms with Crippen molar-refractivity contribution in [1.29, 1.82) is 5.41 Å². The Morgan fingerprint density at radius 3 is 2.60 bits per heavy atom. The monoisotopic (exact) mass is 231 g/mol. The second-order valence-corrected chi connectivity index (χ2v) is 3.60. The molecule has 0 radical (unpaired) electrons. The van der Waals surface area contributed by atoms with E-state index in [1.165, 1.54) is 7.11 Å². The van der Waals surface area contributed by atoms with E-state index in [4.69, 9.17) is 11.1 Å². The Morgan fingerprint density at radius 1 is 1.53 bits per heavy atom. The zero-order chi connectivity index (χ0) is 11.8. The van der Waals surface area contributed by atoms with Crippen LogP contribution in [0.4, 0.5) is 0 Å². The average Bonchev–Trinajstić information content (AvgIpc) is 2.13. The first-order valence-corrected chi connectivity index (χ1v) is 5.05. The number of hydrogen-bond donors (Lipinski definition) is 2. The fraction of sp³-hybridized carbons (Fsp3) is 0.500. The topological polar surface area (TPSA) is 106 Å². The summed E-state index contributed by atoms with van der Waals surface area (Å²) in [6.07, 6.45) is -0.276. The van der Waals surface area contributed by atoms with Crippen molar-refractivity contribution in [3.05, 3.63) is 0 Å². The Kier molecular flexibility index (Phi) is 6.35. The molecule has 0 rings (SSSR count). The van der Waals surface area contributed by atoms with Crippen LogP contribution in [0.15, 0.2) is 4.99 Å². The molecule has 0 unspecified atom stereocenters. The number of amidine groups is 2. The largest absolute Gasteiger partial charge is 0.469 e. The van der Waals surface area contributed by atoms with Gasteiger partial charge in [0.15, 0.2) is 11.0 Å². The number of rotatable bonds is 4. The minimum absolute atomic E-state index is 0.0186. The first kappa shape index (κ1) is 13.6. The molecule has 0 heterocycles. The summed E-state index contributed by atoms with van der Waals surface area (Å²) in [5.41, 5.74) is 5.24. The van der Waals surface area contributed by atoms with Gasteiger partial charge in [0.05, 0.1) is 18.7 Å². The minimum atomic E-state index is -0.578. The highest BCUT2D eigenvalue weighted by atomic mass is 32.2. The highest BCUT2D eigenvalue weighted by Crippen LogP contribution is 2.05. The fourth-order valence-electron chi connectivity index (χ4n) is 0.625. The van der Waals surface area contributed by atoms with E-state index in [9.17, 15) is 9.59 Å². The molecular formula is C8H13N3O3S. The van der Waals surface area contributed by atoms with Gasteiger partial charge in [-0.1, -0.05) is 11.8 Å². The Bertz CT molecular complexity index is 298. The summed E-state index contributed by atoms with van der Waals surface area (Å²) < 4.78 is 4.32. The Morgan fingerprint density at radius 2 is 2.13 bits per heavy atom. The number of esters is 1. The lowest BCUT2D eigenvalue weighted by atomic mass is 10.3. The van der Waals surface area contributed by atoms with E-state index in [-0.39, 0.29) is 29.0 Å². The number of ether oxygens (including phenoxy) is 1. The number of nitrogens with two attached hydrogens (primary N) is 1. The average molecular weight is 231 g/mol. The molecule has 0 aliphatic rings. The molecule has 0 fully saturated rings. The number of carbonyl (C=O) groups excluding carboxylic acids is 2. The lowest BCUT2D eigenvalue weighted by Crippen LogP contribution is -2.12. The smallest absolute Gasteiger partial charge is 0.313 e. The molecule has 6 nitrogen and oxygen atoms in total. The summed E-state index contributed by atoms with van der Waals surface area (Å²) in [5.74, 6) is -0.606. The van der Waals surface area contributed by atoms with Crippen molar-refractivity contribution < 1.29 is 14.3 Å². The molecule has 0 saturated heterocycles. The van der Waals surface area contributed by atoms with E-state index in [0.29, 0.717) is 0 Å². The van der Waals surface area contributed by atoms with Gasteiger partial charge < -0.3 is 10.5 Å². The second kappa shape index (κ2) is 6.99. The number of thioether (sulfide) groups is 1. The molecule has 0 aromatic heterocycles. The number of methoxy groups -OCH3 is 1. The molecule has 0 spiro atoms. The predicted molar refractivity (Wildman–Crippen MR) is 59.1 cm³/mol. The number of aliphatic imine (C=N–C) groups is 1. The molecule has 7 heteroatoms. The van der Waals surface area contributed by atoms with Gasteiger partial charge in [0.2, 0.25) is 0 Å². The van der Waals surface area contributed by atoms with E-state index in [1.54, 1.807) is 6.92 Å². The van der Waals surface area contributed by atoms with E-state index in [1.807, 2.05) is 0 Å². The van der Waals surface area contributed by atoms with Crippen LogP contribution in [-0.2, 0) is 14.3 Å². The van der Waals surface area contributed by atoms with Crippen molar-refractivity contribution in [2.24, 2.45) is 10.7 Å². The second-order valence-electron chi connectivity index (χ2n) is 2.64. The molecule has 0 bridgehead atoms. The Hall–Kier alpha value is -1.37. The number of ketones is 1. The van der Waals surface area contributed by atoms with Gasteiger partial charge in [0.25, 0.3) is 0 Å². The predicted octanol–water partition coefficient (Wildman–Crippen LogP) is 0.164. The first-order chi connectivity index (χ1) is 6.95. The maximum Gasteiger partial charge on any atom is 0.313 e. The maximum atomic E-state index is 11.1. The number of nitrogens with zero attached hydrogens (tertiary/aromatic N) is 1. The molecule has 15 heavy (non-hydrogen) atoms. The van der Waals surface area contributed by atoms with Gasteiger partial charge in [-0.05, 0) is 6.92 Å². The van der Waals surface area contributed by atoms with Crippen molar-refractivity contribution in [2.45, 2.75) is 13.3 Å². The molecule has 0 saturated carbocycles. The van der Waals surface area contributed by atoms with Crippen molar-refractivity contribution in [1.82, 2.24) is 0 Å². The molecule has 0 aliphatic carbocycles. The molecule has 3 N–H and O–H groups in total. The number of hydrogen-bond acceptors (Lipinski definition) is 5. The van der Waals surface area contributed by atoms with Crippen LogP contribution in [0.2, 0.25) is 0 Å². The van der Waals surface area contributed by atoms with Crippen molar-refractivity contribution in [3.8, 4) is 0 Å². The molecular weight excluding hydrogens is 218 g/mol. The van der Waals surface area contributed by atoms with Crippen molar-refractivity contribution in [2.75, 3.05) is 12.9 Å². The number of nitrogens with one attached hydrogen (secondary N) is 1. The highest BCUT2D eigenvalue weighted by molar-refractivity contribution is 8.14. The standard InChI is InChI=1S/C8H13N3O3S/c1-5(9)11-8(10)15-4-6(12)3-7(13)14-2/h3-4H2,1-2H3,(H3,9,10,11). The summed E-state index contributed by atoms with van der Waals surface area (Å²) in [5, 5.41) is 7.22. The molecule has 0 atom stereocenters. The van der Waals surface area contributed by atoms with Crippen LogP contribution in [-0.4, -0.2) is 35.6 Å². The van der Waals surface area contributed by atoms with Crippen molar-refractivity contribution >= 4 is 34.5 Å². The maximum absolute atomic E-state index is 11.1. The van der Waals surface area contributed by atoms with Crippen LogP contribution in [0.5, 0.6) is 0 Å². The summed E-state index contributed by atoms with van der Waals surface area (Å²) in [6.45, 7) is 1.55. The van der Waals surface area contributed by atoms with E-state index < -0.39 is 5.97 Å². The van der Waals surface area contributed by atoms with Crippen molar-refractivity contribution in [3.63, 3.8) is 0 Å². The Labute approximate surface area is 91.8 Å². The van der Waals surface area contributed by atoms with Crippen LogP contribution in [0, 0.1) is 5.41 Å². The zero-order valence-corrected chi connectivity index (χ0v) is 9.39. The van der Waals surface area contributed by atoms with Crippen LogP contribution in [0.1, 0.15) is 13.3 Å². The third kappa shape index (κ3) is 7.68. The third-order valence-corrected chi connectivity index (χ3v) is 2.05. The first-order valence-electron chi connectivity index (χ1n) is 4.06. The van der Waals surface area contributed by atoms with Gasteiger partial charge in [0, 0.05) is 0 Å². The van der Waals surface area contributed by atoms with Gasteiger partial charge in [-0.3, -0.25) is 15.0 Å². The van der Waals surface area contributed by atoms with E-state index in [0.717, 1.165) is 11.8 Å². The van der Waals surface area contributed by atoms with Crippen LogP contribution >= 0.6 is 11.8 Å². The van der Waals surface area contributed by atoms with Crippen LogP contribution in [0.3, 0.4) is 0 Å². The van der Waals surface area contributed by atoms with Crippen LogP contribution < -0.4 is 5.73 Å². The normalized spacial score (nSPS) is 10.9. The van der Waals surface area contributed by atoms with Crippen LogP contribution in [0.25, 0.3) is 0 Å². The van der Waals surface area contributed by atoms with Gasteiger partial charge in [0.1, 0.15) is 6.42 Å².